The van der Waals surface area contributed by atoms with Gasteiger partial charge in [-0.25, -0.2) is 0 Å². The number of ether oxygens (including phenoxy) is 3. The largest absolute Gasteiger partial charge is 0.493 e. The SMILES string of the molecule is COc1cc(C(C)NC(=O)CCOc2cccc(C)c2C)ccc1OC(C)C. The summed E-state index contributed by atoms with van der Waals surface area (Å²) >= 11 is 0. The molecular weight excluding hydrogens is 354 g/mol. The van der Waals surface area contributed by atoms with Gasteiger partial charge in [0.15, 0.2) is 11.5 Å². The van der Waals surface area contributed by atoms with Crippen LogP contribution in [-0.4, -0.2) is 25.7 Å². The predicted octanol–water partition coefficient (Wildman–Crippen LogP) is 4.75. The summed E-state index contributed by atoms with van der Waals surface area (Å²) in [4.78, 5) is 12.3. The van der Waals surface area contributed by atoms with Crippen molar-refractivity contribution in [2.75, 3.05) is 13.7 Å². The Bertz CT molecular complexity index is 801. The van der Waals surface area contributed by atoms with E-state index in [1.54, 1.807) is 7.11 Å². The standard InChI is InChI=1S/C23H31NO4/c1-15(2)28-21-11-10-19(14-22(21)26-6)18(5)24-23(25)12-13-27-20-9-7-8-16(3)17(20)4/h7-11,14-15,18H,12-13H2,1-6H3,(H,24,25). The van der Waals surface area contributed by atoms with Crippen molar-refractivity contribution in [1.29, 1.82) is 0 Å². The minimum Gasteiger partial charge on any atom is -0.493 e. The summed E-state index contributed by atoms with van der Waals surface area (Å²) in [5, 5.41) is 3.00. The Morgan fingerprint density at radius 2 is 1.79 bits per heavy atom. The van der Waals surface area contributed by atoms with Crippen molar-refractivity contribution in [3.8, 4) is 17.2 Å². The Morgan fingerprint density at radius 1 is 1.04 bits per heavy atom. The first-order valence-electron chi connectivity index (χ1n) is 9.64. The number of nitrogens with one attached hydrogen (secondary N) is 1. The summed E-state index contributed by atoms with van der Waals surface area (Å²) in [6.07, 6.45) is 0.359. The van der Waals surface area contributed by atoms with E-state index in [2.05, 4.69) is 5.32 Å². The molecule has 0 heterocycles. The fraction of sp³-hybridized carbons (Fsp3) is 0.435. The molecule has 0 bridgehead atoms. The highest BCUT2D eigenvalue weighted by atomic mass is 16.5. The molecule has 5 heteroatoms. The lowest BCUT2D eigenvalue weighted by atomic mass is 10.1. The fourth-order valence-electron chi connectivity index (χ4n) is 2.84. The molecule has 2 rings (SSSR count). The van der Waals surface area contributed by atoms with Crippen molar-refractivity contribution >= 4 is 5.91 Å². The smallest absolute Gasteiger partial charge is 0.223 e. The lowest BCUT2D eigenvalue weighted by molar-refractivity contribution is -0.122. The Hall–Kier alpha value is -2.69. The molecule has 1 N–H and O–H groups in total. The van der Waals surface area contributed by atoms with Gasteiger partial charge in [-0.15, -0.1) is 0 Å². The third-order valence-corrected chi connectivity index (χ3v) is 4.57. The predicted molar refractivity (Wildman–Crippen MR) is 111 cm³/mol. The molecule has 0 spiro atoms. The van der Waals surface area contributed by atoms with Crippen LogP contribution in [0.4, 0.5) is 0 Å². The molecule has 152 valence electrons. The van der Waals surface area contributed by atoms with Crippen LogP contribution in [0.1, 0.15) is 49.9 Å². The first-order valence-corrected chi connectivity index (χ1v) is 9.64. The van der Waals surface area contributed by atoms with Crippen LogP contribution < -0.4 is 19.5 Å². The van der Waals surface area contributed by atoms with Crippen LogP contribution in [0.5, 0.6) is 17.2 Å². The minimum atomic E-state index is -0.143. The number of benzene rings is 2. The third kappa shape index (κ3) is 5.91. The number of hydrogen-bond acceptors (Lipinski definition) is 4. The molecule has 0 aliphatic carbocycles. The Kier molecular flexibility index (Phi) is 7.73. The van der Waals surface area contributed by atoms with Crippen molar-refractivity contribution in [2.45, 2.75) is 53.2 Å². The number of carbonyl (C=O) groups excluding carboxylic acids is 1. The van der Waals surface area contributed by atoms with Crippen molar-refractivity contribution < 1.29 is 19.0 Å². The molecule has 1 atom stereocenters. The van der Waals surface area contributed by atoms with E-state index in [1.165, 1.54) is 5.56 Å². The van der Waals surface area contributed by atoms with E-state index in [-0.39, 0.29) is 18.1 Å². The average Bonchev–Trinajstić information content (AvgIpc) is 2.65. The first-order chi connectivity index (χ1) is 13.3. The average molecular weight is 386 g/mol. The first kappa shape index (κ1) is 21.6. The Morgan fingerprint density at radius 3 is 2.46 bits per heavy atom. The maximum Gasteiger partial charge on any atom is 0.223 e. The number of methoxy groups -OCH3 is 1. The van der Waals surface area contributed by atoms with E-state index in [0.717, 1.165) is 16.9 Å². The van der Waals surface area contributed by atoms with Gasteiger partial charge in [0.05, 0.1) is 32.3 Å². The zero-order valence-corrected chi connectivity index (χ0v) is 17.7. The molecule has 0 aliphatic heterocycles. The lowest BCUT2D eigenvalue weighted by Gasteiger charge is -2.18. The van der Waals surface area contributed by atoms with Gasteiger partial charge in [-0.3, -0.25) is 4.79 Å². The second kappa shape index (κ2) is 10.0. The molecule has 0 fully saturated rings. The van der Waals surface area contributed by atoms with Gasteiger partial charge >= 0.3 is 0 Å². The summed E-state index contributed by atoms with van der Waals surface area (Å²) in [5.74, 6) is 2.12. The van der Waals surface area contributed by atoms with Crippen LogP contribution >= 0.6 is 0 Å². The Balaban J connectivity index is 1.90. The lowest BCUT2D eigenvalue weighted by Crippen LogP contribution is -2.28. The molecule has 0 aromatic heterocycles. The molecule has 5 nitrogen and oxygen atoms in total. The van der Waals surface area contributed by atoms with E-state index in [9.17, 15) is 4.79 Å². The number of hydrogen-bond donors (Lipinski definition) is 1. The summed E-state index contributed by atoms with van der Waals surface area (Å²) in [6.45, 7) is 10.3. The second-order valence-corrected chi connectivity index (χ2v) is 7.16. The van der Waals surface area contributed by atoms with Crippen LogP contribution in [0.15, 0.2) is 36.4 Å². The van der Waals surface area contributed by atoms with Crippen LogP contribution in [0.25, 0.3) is 0 Å². The second-order valence-electron chi connectivity index (χ2n) is 7.16. The van der Waals surface area contributed by atoms with Gasteiger partial charge < -0.3 is 19.5 Å². The number of amides is 1. The van der Waals surface area contributed by atoms with Gasteiger partial charge in [-0.2, -0.15) is 0 Å². The minimum absolute atomic E-state index is 0.0562. The van der Waals surface area contributed by atoms with Gasteiger partial charge in [-0.1, -0.05) is 18.2 Å². The quantitative estimate of drug-likeness (QED) is 0.677. The molecule has 2 aromatic rings. The Labute approximate surface area is 168 Å². The molecule has 28 heavy (non-hydrogen) atoms. The zero-order valence-electron chi connectivity index (χ0n) is 17.7. The molecule has 2 aromatic carbocycles. The molecule has 0 aliphatic rings. The molecular formula is C23H31NO4. The zero-order chi connectivity index (χ0) is 20.7. The van der Waals surface area contributed by atoms with Crippen LogP contribution in [-0.2, 0) is 4.79 Å². The van der Waals surface area contributed by atoms with Gasteiger partial charge in [-0.05, 0) is 69.5 Å². The van der Waals surface area contributed by atoms with Gasteiger partial charge in [0.2, 0.25) is 5.91 Å². The van der Waals surface area contributed by atoms with E-state index in [0.29, 0.717) is 24.5 Å². The fourth-order valence-corrected chi connectivity index (χ4v) is 2.84. The molecule has 1 unspecified atom stereocenters. The van der Waals surface area contributed by atoms with Gasteiger partial charge in [0.1, 0.15) is 5.75 Å². The third-order valence-electron chi connectivity index (χ3n) is 4.57. The van der Waals surface area contributed by atoms with E-state index in [4.69, 9.17) is 14.2 Å². The summed E-state index contributed by atoms with van der Waals surface area (Å²) in [7, 11) is 1.61. The molecule has 0 radical (unpaired) electrons. The number of rotatable bonds is 9. The van der Waals surface area contributed by atoms with Crippen LogP contribution in [0, 0.1) is 13.8 Å². The normalized spacial score (nSPS) is 11.8. The highest BCUT2D eigenvalue weighted by molar-refractivity contribution is 5.76. The molecule has 1 amide bonds. The highest BCUT2D eigenvalue weighted by Crippen LogP contribution is 2.31. The van der Waals surface area contributed by atoms with Gasteiger partial charge in [0.25, 0.3) is 0 Å². The summed E-state index contributed by atoms with van der Waals surface area (Å²) < 4.78 is 16.9. The van der Waals surface area contributed by atoms with E-state index < -0.39 is 0 Å². The van der Waals surface area contributed by atoms with Crippen LogP contribution in [0.2, 0.25) is 0 Å². The maximum absolute atomic E-state index is 12.3. The van der Waals surface area contributed by atoms with Crippen molar-refractivity contribution in [1.82, 2.24) is 5.32 Å². The highest BCUT2D eigenvalue weighted by Gasteiger charge is 2.14. The summed E-state index contributed by atoms with van der Waals surface area (Å²) in [6, 6.07) is 11.5. The van der Waals surface area contributed by atoms with Crippen molar-refractivity contribution in [2.24, 2.45) is 0 Å². The summed E-state index contributed by atoms with van der Waals surface area (Å²) in [5.41, 5.74) is 3.23. The molecule has 0 saturated carbocycles. The topological polar surface area (TPSA) is 56.8 Å². The van der Waals surface area contributed by atoms with Gasteiger partial charge in [0, 0.05) is 0 Å². The van der Waals surface area contributed by atoms with Crippen LogP contribution in [0.3, 0.4) is 0 Å². The van der Waals surface area contributed by atoms with E-state index in [1.807, 2.05) is 71.0 Å². The van der Waals surface area contributed by atoms with Crippen molar-refractivity contribution in [3.63, 3.8) is 0 Å². The number of carbonyl (C=O) groups is 1. The monoisotopic (exact) mass is 385 g/mol. The number of aryl methyl sites for hydroxylation is 1. The molecule has 0 saturated heterocycles. The van der Waals surface area contributed by atoms with Crippen molar-refractivity contribution in [3.05, 3.63) is 53.1 Å². The van der Waals surface area contributed by atoms with E-state index >= 15 is 0 Å². The maximum atomic E-state index is 12.3.